The summed E-state index contributed by atoms with van der Waals surface area (Å²) < 4.78 is 55.3. The lowest BCUT2D eigenvalue weighted by Crippen LogP contribution is -2.41. The minimum absolute atomic E-state index is 0.0103. The van der Waals surface area contributed by atoms with Gasteiger partial charge in [-0.15, -0.1) is 0 Å². The van der Waals surface area contributed by atoms with E-state index in [2.05, 4.69) is 4.72 Å². The average molecular weight is 351 g/mol. The fourth-order valence-corrected chi connectivity index (χ4v) is 3.00. The van der Waals surface area contributed by atoms with Crippen molar-refractivity contribution in [3.05, 3.63) is 24.3 Å². The maximum Gasteiger partial charge on any atom is 0.321 e. The molecule has 0 saturated carbocycles. The predicted molar refractivity (Wildman–Crippen MR) is 79.1 cm³/mol. The summed E-state index contributed by atoms with van der Waals surface area (Å²) in [5, 5.41) is 9.08. The minimum atomic E-state index is -4.03. The molecule has 0 aliphatic rings. The Kier molecular flexibility index (Phi) is 6.89. The Hall–Kier alpha value is -1.74. The first-order chi connectivity index (χ1) is 10.6. The number of carboxylic acid groups (broad SMARTS) is 1. The van der Waals surface area contributed by atoms with Gasteiger partial charge >= 0.3 is 5.97 Å². The molecule has 9 heteroatoms. The van der Waals surface area contributed by atoms with E-state index in [0.717, 1.165) is 12.1 Å². The number of hydrogen-bond donors (Lipinski definition) is 2. The molecule has 0 aromatic heterocycles. The summed E-state index contributed by atoms with van der Waals surface area (Å²) >= 11 is 0. The molecule has 1 aromatic carbocycles. The number of rotatable bonds is 9. The molecule has 0 radical (unpaired) electrons. The minimum Gasteiger partial charge on any atom is -0.488 e. The van der Waals surface area contributed by atoms with Gasteiger partial charge in [0.15, 0.2) is 0 Å². The molecule has 0 aliphatic heterocycles. The predicted octanol–water partition coefficient (Wildman–Crippen LogP) is 2.11. The van der Waals surface area contributed by atoms with Crippen molar-refractivity contribution in [3.63, 3.8) is 0 Å². The molecule has 1 aromatic rings. The Morgan fingerprint density at radius 1 is 1.26 bits per heavy atom. The van der Waals surface area contributed by atoms with E-state index in [4.69, 9.17) is 9.84 Å². The average Bonchev–Trinajstić information content (AvgIpc) is 2.44. The Morgan fingerprint density at radius 2 is 1.83 bits per heavy atom. The number of benzene rings is 1. The first kappa shape index (κ1) is 19.3. The molecule has 0 amide bonds. The van der Waals surface area contributed by atoms with Crippen molar-refractivity contribution in [2.24, 2.45) is 5.92 Å². The standard InChI is InChI=1S/C14H19F2NO5S/c1-9(2)7-12(14(18)19)17-23(20,21)11-5-3-10(4-6-11)22-8-13(15)16/h3-6,9,12-13,17H,7-8H2,1-2H3,(H,18,19)/t12-/m0/s1. The molecule has 0 spiro atoms. The van der Waals surface area contributed by atoms with Gasteiger partial charge in [-0.3, -0.25) is 4.79 Å². The summed E-state index contributed by atoms with van der Waals surface area (Å²) in [5.74, 6) is -1.18. The van der Waals surface area contributed by atoms with Crippen LogP contribution in [0.25, 0.3) is 0 Å². The molecule has 130 valence electrons. The number of sulfonamides is 1. The molecular formula is C14H19F2NO5S. The highest BCUT2D eigenvalue weighted by Crippen LogP contribution is 2.17. The van der Waals surface area contributed by atoms with Crippen LogP contribution in [0, 0.1) is 5.92 Å². The molecule has 23 heavy (non-hydrogen) atoms. The molecule has 0 aliphatic carbocycles. The van der Waals surface area contributed by atoms with Gasteiger partial charge in [0.1, 0.15) is 18.4 Å². The molecule has 0 heterocycles. The van der Waals surface area contributed by atoms with Crippen molar-refractivity contribution in [1.82, 2.24) is 4.72 Å². The third-order valence-electron chi connectivity index (χ3n) is 2.81. The molecule has 1 atom stereocenters. The van der Waals surface area contributed by atoms with E-state index >= 15 is 0 Å². The second-order valence-corrected chi connectivity index (χ2v) is 7.03. The lowest BCUT2D eigenvalue weighted by atomic mass is 10.1. The van der Waals surface area contributed by atoms with Gasteiger partial charge in [-0.1, -0.05) is 13.8 Å². The monoisotopic (exact) mass is 351 g/mol. The second kappa shape index (κ2) is 8.21. The van der Waals surface area contributed by atoms with Crippen LogP contribution in [0.4, 0.5) is 8.78 Å². The molecule has 6 nitrogen and oxygen atoms in total. The first-order valence-corrected chi connectivity index (χ1v) is 8.36. The number of nitrogens with one attached hydrogen (secondary N) is 1. The van der Waals surface area contributed by atoms with Crippen molar-refractivity contribution >= 4 is 16.0 Å². The largest absolute Gasteiger partial charge is 0.488 e. The molecule has 0 bridgehead atoms. The molecule has 0 unspecified atom stereocenters. The van der Waals surface area contributed by atoms with Gasteiger partial charge in [0.05, 0.1) is 4.90 Å². The second-order valence-electron chi connectivity index (χ2n) is 5.32. The van der Waals surface area contributed by atoms with Crippen LogP contribution in [0.15, 0.2) is 29.2 Å². The van der Waals surface area contributed by atoms with E-state index < -0.39 is 35.1 Å². The van der Waals surface area contributed by atoms with Crippen LogP contribution in [0.3, 0.4) is 0 Å². The zero-order valence-corrected chi connectivity index (χ0v) is 13.5. The summed E-state index contributed by atoms with van der Waals surface area (Å²) in [6.45, 7) is 2.76. The van der Waals surface area contributed by atoms with E-state index in [1.807, 2.05) is 0 Å². The summed E-state index contributed by atoms with van der Waals surface area (Å²) in [6, 6.07) is 3.55. The highest BCUT2D eigenvalue weighted by atomic mass is 32.2. The Labute approximate surface area is 133 Å². The lowest BCUT2D eigenvalue weighted by Gasteiger charge is -2.16. The van der Waals surface area contributed by atoms with Crippen LogP contribution in [-0.4, -0.2) is 38.6 Å². The van der Waals surface area contributed by atoms with E-state index in [-0.39, 0.29) is 23.0 Å². The number of carbonyl (C=O) groups is 1. The van der Waals surface area contributed by atoms with Crippen molar-refractivity contribution in [2.75, 3.05) is 6.61 Å². The van der Waals surface area contributed by atoms with Gasteiger partial charge in [-0.05, 0) is 36.6 Å². The van der Waals surface area contributed by atoms with Gasteiger partial charge in [0, 0.05) is 0 Å². The van der Waals surface area contributed by atoms with E-state index in [1.165, 1.54) is 12.1 Å². The smallest absolute Gasteiger partial charge is 0.321 e. The van der Waals surface area contributed by atoms with Gasteiger partial charge < -0.3 is 9.84 Å². The number of aliphatic carboxylic acids is 1. The van der Waals surface area contributed by atoms with Crippen molar-refractivity contribution < 1.29 is 31.8 Å². The maximum absolute atomic E-state index is 12.2. The van der Waals surface area contributed by atoms with Crippen molar-refractivity contribution in [2.45, 2.75) is 37.6 Å². The zero-order valence-electron chi connectivity index (χ0n) is 12.7. The number of alkyl halides is 2. The molecule has 0 saturated heterocycles. The summed E-state index contributed by atoms with van der Waals surface area (Å²) in [7, 11) is -4.03. The van der Waals surface area contributed by atoms with Gasteiger partial charge in [0.2, 0.25) is 10.0 Å². The third kappa shape index (κ3) is 6.49. The normalized spacial score (nSPS) is 13.3. The van der Waals surface area contributed by atoms with Crippen LogP contribution in [-0.2, 0) is 14.8 Å². The number of carboxylic acids is 1. The third-order valence-corrected chi connectivity index (χ3v) is 4.30. The summed E-state index contributed by atoms with van der Waals surface area (Å²) in [6.07, 6.45) is -2.49. The van der Waals surface area contributed by atoms with Gasteiger partial charge in [-0.25, -0.2) is 17.2 Å². The summed E-state index contributed by atoms with van der Waals surface area (Å²) in [4.78, 5) is 11.0. The number of halogens is 2. The van der Waals surface area contributed by atoms with Crippen molar-refractivity contribution in [1.29, 1.82) is 0 Å². The van der Waals surface area contributed by atoms with Crippen LogP contribution in [0.1, 0.15) is 20.3 Å². The molecule has 1 rings (SSSR count). The van der Waals surface area contributed by atoms with E-state index in [9.17, 15) is 22.0 Å². The Morgan fingerprint density at radius 3 is 2.26 bits per heavy atom. The van der Waals surface area contributed by atoms with Gasteiger partial charge in [0.25, 0.3) is 6.43 Å². The highest BCUT2D eigenvalue weighted by Gasteiger charge is 2.26. The molecule has 2 N–H and O–H groups in total. The Balaban J connectivity index is 2.84. The number of ether oxygens (including phenoxy) is 1. The zero-order chi connectivity index (χ0) is 17.6. The first-order valence-electron chi connectivity index (χ1n) is 6.88. The van der Waals surface area contributed by atoms with Crippen LogP contribution >= 0.6 is 0 Å². The topological polar surface area (TPSA) is 92.7 Å². The maximum atomic E-state index is 12.2. The number of hydrogen-bond acceptors (Lipinski definition) is 4. The highest BCUT2D eigenvalue weighted by molar-refractivity contribution is 7.89. The fourth-order valence-electron chi connectivity index (χ4n) is 1.80. The molecule has 0 fully saturated rings. The van der Waals surface area contributed by atoms with E-state index in [1.54, 1.807) is 13.8 Å². The fraction of sp³-hybridized carbons (Fsp3) is 0.500. The quantitative estimate of drug-likeness (QED) is 0.711. The van der Waals surface area contributed by atoms with Gasteiger partial charge in [-0.2, -0.15) is 4.72 Å². The van der Waals surface area contributed by atoms with Crippen LogP contribution in [0.2, 0.25) is 0 Å². The summed E-state index contributed by atoms with van der Waals surface area (Å²) in [5.41, 5.74) is 0. The van der Waals surface area contributed by atoms with Crippen LogP contribution < -0.4 is 9.46 Å². The van der Waals surface area contributed by atoms with Crippen LogP contribution in [0.5, 0.6) is 5.75 Å². The van der Waals surface area contributed by atoms with E-state index in [0.29, 0.717) is 0 Å². The lowest BCUT2D eigenvalue weighted by molar-refractivity contribution is -0.139. The molecular weight excluding hydrogens is 332 g/mol. The van der Waals surface area contributed by atoms with Crippen molar-refractivity contribution in [3.8, 4) is 5.75 Å². The Bertz CT molecular complexity index is 617. The SMILES string of the molecule is CC(C)C[C@H](NS(=O)(=O)c1ccc(OCC(F)F)cc1)C(=O)O.